The fourth-order valence-corrected chi connectivity index (χ4v) is 3.28. The maximum Gasteiger partial charge on any atom is 0.220 e. The molecule has 0 unspecified atom stereocenters. The number of nitrogens with one attached hydrogen (secondary N) is 1. The summed E-state index contributed by atoms with van der Waals surface area (Å²) in [5.41, 5.74) is 1.16. The molecule has 4 heteroatoms. The standard InChI is InChI=1S/C18H25NO3/c20-16-7-5-15(6-8-16)17(14-3-4-14)10-18(21)19-11-13-2-1-9-22-12-13/h5-8,13-14,17,20H,1-4,9-12H2,(H,19,21)/t13-,17+/m1/s1. The molecule has 0 radical (unpaired) electrons. The third-order valence-electron chi connectivity index (χ3n) is 4.76. The van der Waals surface area contributed by atoms with Crippen LogP contribution in [-0.4, -0.2) is 30.8 Å². The van der Waals surface area contributed by atoms with Crippen LogP contribution in [0.15, 0.2) is 24.3 Å². The molecule has 2 atom stereocenters. The third kappa shape index (κ3) is 4.23. The highest BCUT2D eigenvalue weighted by atomic mass is 16.5. The lowest BCUT2D eigenvalue weighted by atomic mass is 9.90. The molecule has 1 amide bonds. The van der Waals surface area contributed by atoms with Gasteiger partial charge in [-0.2, -0.15) is 0 Å². The molecule has 0 spiro atoms. The Hall–Kier alpha value is -1.55. The summed E-state index contributed by atoms with van der Waals surface area (Å²) in [6.07, 6.45) is 5.19. The zero-order chi connectivity index (χ0) is 15.4. The van der Waals surface area contributed by atoms with Crippen LogP contribution in [-0.2, 0) is 9.53 Å². The number of hydrogen-bond acceptors (Lipinski definition) is 3. The van der Waals surface area contributed by atoms with Crippen LogP contribution in [0, 0.1) is 11.8 Å². The average molecular weight is 303 g/mol. The minimum Gasteiger partial charge on any atom is -0.508 e. The van der Waals surface area contributed by atoms with Gasteiger partial charge >= 0.3 is 0 Å². The Labute approximate surface area is 131 Å². The molecule has 2 aliphatic rings. The van der Waals surface area contributed by atoms with Crippen LogP contribution in [0.3, 0.4) is 0 Å². The van der Waals surface area contributed by atoms with Crippen LogP contribution in [0.2, 0.25) is 0 Å². The summed E-state index contributed by atoms with van der Waals surface area (Å²) in [4.78, 5) is 12.3. The van der Waals surface area contributed by atoms with Crippen LogP contribution in [0.5, 0.6) is 5.75 Å². The van der Waals surface area contributed by atoms with Crippen molar-refractivity contribution in [3.8, 4) is 5.75 Å². The van der Waals surface area contributed by atoms with Gasteiger partial charge in [0.25, 0.3) is 0 Å². The van der Waals surface area contributed by atoms with Gasteiger partial charge in [0.1, 0.15) is 5.75 Å². The zero-order valence-electron chi connectivity index (χ0n) is 13.0. The molecule has 1 heterocycles. The summed E-state index contributed by atoms with van der Waals surface area (Å²) < 4.78 is 5.45. The Bertz CT molecular complexity index is 490. The third-order valence-corrected chi connectivity index (χ3v) is 4.76. The van der Waals surface area contributed by atoms with Crippen molar-refractivity contribution < 1.29 is 14.6 Å². The molecule has 0 bridgehead atoms. The first-order chi connectivity index (χ1) is 10.7. The summed E-state index contributed by atoms with van der Waals surface area (Å²) in [7, 11) is 0. The molecule has 0 aromatic heterocycles. The molecule has 1 saturated carbocycles. The van der Waals surface area contributed by atoms with E-state index < -0.39 is 0 Å². The Morgan fingerprint density at radius 1 is 1.27 bits per heavy atom. The second-order valence-corrected chi connectivity index (χ2v) is 6.63. The van der Waals surface area contributed by atoms with E-state index in [1.807, 2.05) is 12.1 Å². The fraction of sp³-hybridized carbons (Fsp3) is 0.611. The van der Waals surface area contributed by atoms with E-state index >= 15 is 0 Å². The maximum atomic E-state index is 12.3. The number of carbonyl (C=O) groups is 1. The van der Waals surface area contributed by atoms with E-state index in [1.165, 1.54) is 12.8 Å². The van der Waals surface area contributed by atoms with Gasteiger partial charge in [0.2, 0.25) is 5.91 Å². The van der Waals surface area contributed by atoms with Gasteiger partial charge in [-0.1, -0.05) is 12.1 Å². The van der Waals surface area contributed by atoms with E-state index in [2.05, 4.69) is 5.32 Å². The van der Waals surface area contributed by atoms with Gasteiger partial charge in [-0.05, 0) is 61.1 Å². The number of amides is 1. The fourth-order valence-electron chi connectivity index (χ4n) is 3.28. The van der Waals surface area contributed by atoms with E-state index in [9.17, 15) is 9.90 Å². The molecule has 1 aromatic rings. The first-order valence-corrected chi connectivity index (χ1v) is 8.36. The molecule has 2 fully saturated rings. The topological polar surface area (TPSA) is 58.6 Å². The van der Waals surface area contributed by atoms with Crippen molar-refractivity contribution in [2.45, 2.75) is 38.0 Å². The number of hydrogen-bond donors (Lipinski definition) is 2. The molecular weight excluding hydrogens is 278 g/mol. The molecule has 1 saturated heterocycles. The number of phenolic OH excluding ortho intramolecular Hbond substituents is 1. The number of rotatable bonds is 6. The quantitative estimate of drug-likeness (QED) is 0.849. The molecule has 22 heavy (non-hydrogen) atoms. The maximum absolute atomic E-state index is 12.3. The second kappa shape index (κ2) is 7.14. The minimum absolute atomic E-state index is 0.135. The highest BCUT2D eigenvalue weighted by Crippen LogP contribution is 2.44. The summed E-state index contributed by atoms with van der Waals surface area (Å²) in [5.74, 6) is 1.78. The van der Waals surface area contributed by atoms with Gasteiger partial charge < -0.3 is 15.2 Å². The SMILES string of the molecule is O=C(C[C@H](c1ccc(O)cc1)C1CC1)NC[C@H]1CCCOC1. The van der Waals surface area contributed by atoms with Crippen molar-refractivity contribution in [1.82, 2.24) is 5.32 Å². The highest BCUT2D eigenvalue weighted by molar-refractivity contribution is 5.77. The van der Waals surface area contributed by atoms with Crippen LogP contribution in [0.1, 0.15) is 43.6 Å². The smallest absolute Gasteiger partial charge is 0.220 e. The lowest BCUT2D eigenvalue weighted by Crippen LogP contribution is -2.34. The molecular formula is C18H25NO3. The predicted molar refractivity (Wildman–Crippen MR) is 84.7 cm³/mol. The van der Waals surface area contributed by atoms with Crippen molar-refractivity contribution in [1.29, 1.82) is 0 Å². The molecule has 120 valence electrons. The van der Waals surface area contributed by atoms with Gasteiger partial charge in [0, 0.05) is 19.6 Å². The van der Waals surface area contributed by atoms with Crippen molar-refractivity contribution in [3.63, 3.8) is 0 Å². The average Bonchev–Trinajstić information content (AvgIpc) is 3.37. The predicted octanol–water partition coefficient (Wildman–Crippen LogP) is 2.82. The number of benzene rings is 1. The van der Waals surface area contributed by atoms with Crippen LogP contribution in [0.4, 0.5) is 0 Å². The number of phenols is 1. The number of ether oxygens (including phenoxy) is 1. The Kier molecular flexibility index (Phi) is 4.98. The lowest BCUT2D eigenvalue weighted by Gasteiger charge is -2.23. The van der Waals surface area contributed by atoms with Crippen LogP contribution in [0.25, 0.3) is 0 Å². The molecule has 1 aromatic carbocycles. The van der Waals surface area contributed by atoms with E-state index in [4.69, 9.17) is 4.74 Å². The van der Waals surface area contributed by atoms with Gasteiger partial charge in [-0.3, -0.25) is 4.79 Å². The Morgan fingerprint density at radius 3 is 2.68 bits per heavy atom. The van der Waals surface area contributed by atoms with Crippen molar-refractivity contribution in [2.24, 2.45) is 11.8 Å². The Morgan fingerprint density at radius 2 is 2.05 bits per heavy atom. The van der Waals surface area contributed by atoms with Gasteiger partial charge in [0.15, 0.2) is 0 Å². The summed E-state index contributed by atoms with van der Waals surface area (Å²) >= 11 is 0. The van der Waals surface area contributed by atoms with E-state index in [1.54, 1.807) is 12.1 Å². The normalized spacial score (nSPS) is 23.0. The largest absolute Gasteiger partial charge is 0.508 e. The van der Waals surface area contributed by atoms with Gasteiger partial charge in [0.05, 0.1) is 6.61 Å². The van der Waals surface area contributed by atoms with Crippen LogP contribution < -0.4 is 5.32 Å². The summed E-state index contributed by atoms with van der Waals surface area (Å²) in [5, 5.41) is 12.5. The number of aromatic hydroxyl groups is 1. The molecule has 3 rings (SSSR count). The monoisotopic (exact) mass is 303 g/mol. The van der Waals surface area contributed by atoms with Crippen molar-refractivity contribution in [2.75, 3.05) is 19.8 Å². The molecule has 1 aliphatic heterocycles. The van der Waals surface area contributed by atoms with Gasteiger partial charge in [-0.15, -0.1) is 0 Å². The van der Waals surface area contributed by atoms with Crippen molar-refractivity contribution in [3.05, 3.63) is 29.8 Å². The molecule has 2 N–H and O–H groups in total. The van der Waals surface area contributed by atoms with E-state index in [0.717, 1.165) is 38.2 Å². The second-order valence-electron chi connectivity index (χ2n) is 6.63. The summed E-state index contributed by atoms with van der Waals surface area (Å²) in [6.45, 7) is 2.35. The van der Waals surface area contributed by atoms with E-state index in [-0.39, 0.29) is 17.6 Å². The van der Waals surface area contributed by atoms with Crippen molar-refractivity contribution >= 4 is 5.91 Å². The highest BCUT2D eigenvalue weighted by Gasteiger charge is 2.33. The Balaban J connectivity index is 1.52. The van der Waals surface area contributed by atoms with E-state index in [0.29, 0.717) is 18.3 Å². The zero-order valence-corrected chi connectivity index (χ0v) is 13.0. The molecule has 4 nitrogen and oxygen atoms in total. The summed E-state index contributed by atoms with van der Waals surface area (Å²) in [6, 6.07) is 7.31. The minimum atomic E-state index is 0.135. The molecule has 1 aliphatic carbocycles. The first-order valence-electron chi connectivity index (χ1n) is 8.36. The van der Waals surface area contributed by atoms with Gasteiger partial charge in [-0.25, -0.2) is 0 Å². The first kappa shape index (κ1) is 15.3. The lowest BCUT2D eigenvalue weighted by molar-refractivity contribution is -0.122. The number of carbonyl (C=O) groups excluding carboxylic acids is 1. The van der Waals surface area contributed by atoms with Crippen LogP contribution >= 0.6 is 0 Å².